The molecule has 0 aliphatic carbocycles. The first-order valence-electron chi connectivity index (χ1n) is 7.15. The molecule has 1 heterocycles. The number of carbonyl (C=O) groups is 1. The predicted octanol–water partition coefficient (Wildman–Crippen LogP) is 4.51. The topological polar surface area (TPSA) is 42.2 Å². The standard InChI is InChI=1S/C18H16ClNO2/c1-12(17-10-14-7-3-5-9-16(14)22-17)20-18(21)11-13-6-2-4-8-15(13)19/h2-10,12H,11H2,1H3,(H,20,21)/t12-/m0/s1. The highest BCUT2D eigenvalue weighted by molar-refractivity contribution is 6.31. The van der Waals surface area contributed by atoms with Crippen molar-refractivity contribution in [1.29, 1.82) is 0 Å². The monoisotopic (exact) mass is 313 g/mol. The summed E-state index contributed by atoms with van der Waals surface area (Å²) < 4.78 is 5.76. The van der Waals surface area contributed by atoms with E-state index in [1.165, 1.54) is 0 Å². The van der Waals surface area contributed by atoms with Crippen molar-refractivity contribution in [2.75, 3.05) is 0 Å². The van der Waals surface area contributed by atoms with Crippen LogP contribution in [0.15, 0.2) is 59.0 Å². The molecule has 1 aromatic heterocycles. The second-order valence-electron chi connectivity index (χ2n) is 5.24. The number of halogens is 1. The minimum atomic E-state index is -0.192. The number of hydrogen-bond donors (Lipinski definition) is 1. The number of furan rings is 1. The van der Waals surface area contributed by atoms with Crippen LogP contribution in [0, 0.1) is 0 Å². The molecular formula is C18H16ClNO2. The van der Waals surface area contributed by atoms with Crippen molar-refractivity contribution in [1.82, 2.24) is 5.32 Å². The average Bonchev–Trinajstić information content (AvgIpc) is 2.93. The third kappa shape index (κ3) is 3.15. The van der Waals surface area contributed by atoms with E-state index in [9.17, 15) is 4.79 Å². The van der Waals surface area contributed by atoms with Crippen LogP contribution in [0.4, 0.5) is 0 Å². The van der Waals surface area contributed by atoms with Crippen molar-refractivity contribution in [2.45, 2.75) is 19.4 Å². The maximum absolute atomic E-state index is 12.2. The van der Waals surface area contributed by atoms with Gasteiger partial charge in [0.2, 0.25) is 5.91 Å². The molecule has 0 aliphatic rings. The van der Waals surface area contributed by atoms with Crippen LogP contribution in [0.25, 0.3) is 11.0 Å². The lowest BCUT2D eigenvalue weighted by Gasteiger charge is -2.11. The van der Waals surface area contributed by atoms with Crippen LogP contribution in [0.1, 0.15) is 24.3 Å². The molecule has 4 heteroatoms. The lowest BCUT2D eigenvalue weighted by molar-refractivity contribution is -0.121. The van der Waals surface area contributed by atoms with Crippen LogP contribution in [0.3, 0.4) is 0 Å². The quantitative estimate of drug-likeness (QED) is 0.770. The smallest absolute Gasteiger partial charge is 0.225 e. The Morgan fingerprint density at radius 2 is 1.91 bits per heavy atom. The molecular weight excluding hydrogens is 298 g/mol. The largest absolute Gasteiger partial charge is 0.459 e. The summed E-state index contributed by atoms with van der Waals surface area (Å²) in [6.45, 7) is 1.90. The molecule has 0 aliphatic heterocycles. The minimum absolute atomic E-state index is 0.0824. The number of carbonyl (C=O) groups excluding carboxylic acids is 1. The number of nitrogens with one attached hydrogen (secondary N) is 1. The molecule has 1 atom stereocenters. The minimum Gasteiger partial charge on any atom is -0.459 e. The van der Waals surface area contributed by atoms with Gasteiger partial charge in [-0.1, -0.05) is 48.0 Å². The maximum atomic E-state index is 12.2. The lowest BCUT2D eigenvalue weighted by Crippen LogP contribution is -2.27. The zero-order valence-corrected chi connectivity index (χ0v) is 12.9. The molecule has 3 rings (SSSR count). The van der Waals surface area contributed by atoms with Crippen molar-refractivity contribution in [3.05, 3.63) is 70.9 Å². The van der Waals surface area contributed by atoms with Gasteiger partial charge in [-0.15, -0.1) is 0 Å². The Bertz CT molecular complexity index is 776. The molecule has 3 aromatic rings. The molecule has 2 aromatic carbocycles. The van der Waals surface area contributed by atoms with Gasteiger partial charge in [0.25, 0.3) is 0 Å². The Kier molecular flexibility index (Phi) is 4.16. The molecule has 0 unspecified atom stereocenters. The summed E-state index contributed by atoms with van der Waals surface area (Å²) in [4.78, 5) is 12.2. The maximum Gasteiger partial charge on any atom is 0.225 e. The SMILES string of the molecule is C[C@H](NC(=O)Cc1ccccc1Cl)c1cc2ccccc2o1. The van der Waals surface area contributed by atoms with Crippen LogP contribution < -0.4 is 5.32 Å². The van der Waals surface area contributed by atoms with Gasteiger partial charge in [0.15, 0.2) is 0 Å². The summed E-state index contributed by atoms with van der Waals surface area (Å²) in [6, 6.07) is 16.9. The molecule has 0 fully saturated rings. The van der Waals surface area contributed by atoms with Gasteiger partial charge in [-0.05, 0) is 30.7 Å². The summed E-state index contributed by atoms with van der Waals surface area (Å²) in [5.74, 6) is 0.662. The zero-order valence-electron chi connectivity index (χ0n) is 12.2. The number of hydrogen-bond acceptors (Lipinski definition) is 2. The Morgan fingerprint density at radius 1 is 1.18 bits per heavy atom. The van der Waals surface area contributed by atoms with Crippen molar-refractivity contribution in [3.63, 3.8) is 0 Å². The fourth-order valence-electron chi connectivity index (χ4n) is 2.39. The first kappa shape index (κ1) is 14.7. The Hall–Kier alpha value is -2.26. The number of amides is 1. The molecule has 0 saturated heterocycles. The summed E-state index contributed by atoms with van der Waals surface area (Å²) in [6.07, 6.45) is 0.254. The van der Waals surface area contributed by atoms with E-state index in [-0.39, 0.29) is 18.4 Å². The van der Waals surface area contributed by atoms with Gasteiger partial charge in [0.1, 0.15) is 11.3 Å². The van der Waals surface area contributed by atoms with E-state index in [4.69, 9.17) is 16.0 Å². The third-order valence-corrected chi connectivity index (χ3v) is 3.93. The molecule has 1 N–H and O–H groups in total. The van der Waals surface area contributed by atoms with E-state index in [1.54, 1.807) is 6.07 Å². The molecule has 112 valence electrons. The molecule has 0 saturated carbocycles. The van der Waals surface area contributed by atoms with Gasteiger partial charge in [0, 0.05) is 10.4 Å². The Labute approximate surface area is 133 Å². The molecule has 1 amide bonds. The van der Waals surface area contributed by atoms with Crippen LogP contribution in [-0.4, -0.2) is 5.91 Å². The van der Waals surface area contributed by atoms with Gasteiger partial charge < -0.3 is 9.73 Å². The zero-order chi connectivity index (χ0) is 15.5. The number of fused-ring (bicyclic) bond motifs is 1. The van der Waals surface area contributed by atoms with Gasteiger partial charge in [-0.3, -0.25) is 4.79 Å². The highest BCUT2D eigenvalue weighted by atomic mass is 35.5. The van der Waals surface area contributed by atoms with Gasteiger partial charge in [-0.25, -0.2) is 0 Å². The number of rotatable bonds is 4. The predicted molar refractivity (Wildman–Crippen MR) is 87.9 cm³/mol. The third-order valence-electron chi connectivity index (χ3n) is 3.56. The van der Waals surface area contributed by atoms with E-state index in [1.807, 2.05) is 55.5 Å². The normalized spacial score (nSPS) is 12.3. The van der Waals surface area contributed by atoms with Crippen molar-refractivity contribution < 1.29 is 9.21 Å². The number of benzene rings is 2. The van der Waals surface area contributed by atoms with Gasteiger partial charge >= 0.3 is 0 Å². The molecule has 3 nitrogen and oxygen atoms in total. The molecule has 0 radical (unpaired) electrons. The Balaban J connectivity index is 1.69. The van der Waals surface area contributed by atoms with Crippen LogP contribution in [-0.2, 0) is 11.2 Å². The van der Waals surface area contributed by atoms with Crippen LogP contribution in [0.5, 0.6) is 0 Å². The molecule has 0 bridgehead atoms. The van der Waals surface area contributed by atoms with E-state index in [0.717, 1.165) is 22.3 Å². The van der Waals surface area contributed by atoms with Crippen molar-refractivity contribution >= 4 is 28.5 Å². The fourth-order valence-corrected chi connectivity index (χ4v) is 2.60. The second-order valence-corrected chi connectivity index (χ2v) is 5.65. The van der Waals surface area contributed by atoms with E-state index < -0.39 is 0 Å². The van der Waals surface area contributed by atoms with Crippen molar-refractivity contribution in [3.8, 4) is 0 Å². The fraction of sp³-hybridized carbons (Fsp3) is 0.167. The summed E-state index contributed by atoms with van der Waals surface area (Å²) in [5, 5.41) is 4.58. The highest BCUT2D eigenvalue weighted by Gasteiger charge is 2.15. The van der Waals surface area contributed by atoms with Crippen LogP contribution >= 0.6 is 11.6 Å². The van der Waals surface area contributed by atoms with Crippen LogP contribution in [0.2, 0.25) is 5.02 Å². The highest BCUT2D eigenvalue weighted by Crippen LogP contribution is 2.23. The van der Waals surface area contributed by atoms with E-state index in [2.05, 4.69) is 5.32 Å². The van der Waals surface area contributed by atoms with Gasteiger partial charge in [-0.2, -0.15) is 0 Å². The average molecular weight is 314 g/mol. The second kappa shape index (κ2) is 6.24. The van der Waals surface area contributed by atoms with Gasteiger partial charge in [0.05, 0.1) is 12.5 Å². The lowest BCUT2D eigenvalue weighted by atomic mass is 10.1. The first-order chi connectivity index (χ1) is 10.6. The summed E-state index contributed by atoms with van der Waals surface area (Å²) in [5.41, 5.74) is 1.64. The summed E-state index contributed by atoms with van der Waals surface area (Å²) >= 11 is 6.08. The Morgan fingerprint density at radius 3 is 2.68 bits per heavy atom. The first-order valence-corrected chi connectivity index (χ1v) is 7.52. The van der Waals surface area contributed by atoms with Crippen molar-refractivity contribution in [2.24, 2.45) is 0 Å². The molecule has 22 heavy (non-hydrogen) atoms. The van der Waals surface area contributed by atoms with E-state index in [0.29, 0.717) is 5.02 Å². The molecule has 0 spiro atoms. The number of para-hydroxylation sites is 1. The summed E-state index contributed by atoms with van der Waals surface area (Å²) in [7, 11) is 0. The van der Waals surface area contributed by atoms with E-state index >= 15 is 0 Å².